The molecular weight excluding hydrogens is 176 g/mol. The van der Waals surface area contributed by atoms with Crippen LogP contribution in [0.15, 0.2) is 12.1 Å². The summed E-state index contributed by atoms with van der Waals surface area (Å²) < 4.78 is 4.81. The first-order chi connectivity index (χ1) is 6.15. The average molecular weight is 186 g/mol. The molecule has 13 heavy (non-hydrogen) atoms. The Labute approximate surface area is 74.5 Å². The van der Waals surface area contributed by atoms with Gasteiger partial charge in [0.05, 0.1) is 6.61 Å². The Morgan fingerprint density at radius 1 is 1.08 bits per heavy atom. The summed E-state index contributed by atoms with van der Waals surface area (Å²) >= 11 is 0. The number of rotatable bonds is 3. The molecule has 0 fully saturated rings. The van der Waals surface area contributed by atoms with Crippen LogP contribution in [0.25, 0.3) is 0 Å². The van der Waals surface area contributed by atoms with Crippen molar-refractivity contribution < 1.29 is 25.2 Å². The van der Waals surface area contributed by atoms with Crippen molar-refractivity contribution in [2.45, 2.75) is 0 Å². The molecule has 5 heteroatoms. The Hall–Kier alpha value is -1.62. The standard InChI is InChI=1S/C8H10O5/c9-1-2-13-8-6(11)3-5(10)4-7(8)12/h3-4,9-12H,1-2H2. The number of ether oxygens (including phenoxy) is 1. The second-order valence-electron chi connectivity index (χ2n) is 2.39. The Balaban J connectivity index is 2.92. The van der Waals surface area contributed by atoms with E-state index in [0.717, 1.165) is 12.1 Å². The lowest BCUT2D eigenvalue weighted by atomic mass is 10.3. The fraction of sp³-hybridized carbons (Fsp3) is 0.250. The van der Waals surface area contributed by atoms with Gasteiger partial charge in [0.15, 0.2) is 11.5 Å². The monoisotopic (exact) mass is 186 g/mol. The highest BCUT2D eigenvalue weighted by atomic mass is 16.5. The number of phenols is 3. The second-order valence-corrected chi connectivity index (χ2v) is 2.39. The van der Waals surface area contributed by atoms with E-state index >= 15 is 0 Å². The van der Waals surface area contributed by atoms with Crippen molar-refractivity contribution in [1.29, 1.82) is 0 Å². The van der Waals surface area contributed by atoms with E-state index in [2.05, 4.69) is 0 Å². The molecule has 1 aromatic carbocycles. The predicted octanol–water partition coefficient (Wildman–Crippen LogP) is 0.174. The highest BCUT2D eigenvalue weighted by Crippen LogP contribution is 2.38. The van der Waals surface area contributed by atoms with Gasteiger partial charge in [0.25, 0.3) is 0 Å². The van der Waals surface area contributed by atoms with Gasteiger partial charge in [-0.15, -0.1) is 0 Å². The van der Waals surface area contributed by atoms with Gasteiger partial charge >= 0.3 is 0 Å². The number of aromatic hydroxyl groups is 3. The maximum atomic E-state index is 9.17. The summed E-state index contributed by atoms with van der Waals surface area (Å²) in [5.41, 5.74) is 0. The molecule has 0 unspecified atom stereocenters. The van der Waals surface area contributed by atoms with Crippen molar-refractivity contribution >= 4 is 0 Å². The van der Waals surface area contributed by atoms with E-state index in [9.17, 15) is 10.2 Å². The molecule has 0 aliphatic heterocycles. The molecule has 0 atom stereocenters. The smallest absolute Gasteiger partial charge is 0.203 e. The van der Waals surface area contributed by atoms with Crippen LogP contribution in [0.3, 0.4) is 0 Å². The van der Waals surface area contributed by atoms with Crippen LogP contribution in [-0.2, 0) is 0 Å². The van der Waals surface area contributed by atoms with Crippen molar-refractivity contribution in [2.75, 3.05) is 13.2 Å². The predicted molar refractivity (Wildman–Crippen MR) is 44.0 cm³/mol. The van der Waals surface area contributed by atoms with Gasteiger partial charge in [0.1, 0.15) is 12.4 Å². The van der Waals surface area contributed by atoms with E-state index < -0.39 is 0 Å². The molecule has 5 nitrogen and oxygen atoms in total. The van der Waals surface area contributed by atoms with E-state index in [-0.39, 0.29) is 36.2 Å². The van der Waals surface area contributed by atoms with Crippen molar-refractivity contribution in [3.05, 3.63) is 12.1 Å². The van der Waals surface area contributed by atoms with E-state index in [1.165, 1.54) is 0 Å². The minimum atomic E-state index is -0.369. The molecule has 1 rings (SSSR count). The molecule has 0 heterocycles. The largest absolute Gasteiger partial charge is 0.508 e. The first-order valence-corrected chi connectivity index (χ1v) is 3.63. The van der Waals surface area contributed by atoms with Crippen LogP contribution >= 0.6 is 0 Å². The summed E-state index contributed by atoms with van der Waals surface area (Å²) in [7, 11) is 0. The van der Waals surface area contributed by atoms with Gasteiger partial charge in [0, 0.05) is 12.1 Å². The van der Waals surface area contributed by atoms with E-state index in [4.69, 9.17) is 14.9 Å². The number of hydrogen-bond acceptors (Lipinski definition) is 5. The third-order valence-corrected chi connectivity index (χ3v) is 1.37. The Morgan fingerprint density at radius 3 is 2.08 bits per heavy atom. The first-order valence-electron chi connectivity index (χ1n) is 3.63. The lowest BCUT2D eigenvalue weighted by molar-refractivity contribution is 0.192. The van der Waals surface area contributed by atoms with Crippen molar-refractivity contribution in [2.24, 2.45) is 0 Å². The number of aliphatic hydroxyl groups is 1. The quantitative estimate of drug-likeness (QED) is 0.540. The number of phenolic OH excluding ortho intramolecular Hbond substituents is 3. The van der Waals surface area contributed by atoms with Crippen LogP contribution in [0.4, 0.5) is 0 Å². The molecule has 72 valence electrons. The second kappa shape index (κ2) is 3.86. The van der Waals surface area contributed by atoms with Gasteiger partial charge in [0.2, 0.25) is 5.75 Å². The maximum Gasteiger partial charge on any atom is 0.203 e. The molecule has 0 aliphatic carbocycles. The summed E-state index contributed by atoms with van der Waals surface area (Å²) in [5, 5.41) is 35.7. The SMILES string of the molecule is OCCOc1c(O)cc(O)cc1O. The Bertz CT molecular complexity index is 274. The summed E-state index contributed by atoms with van der Waals surface area (Å²) in [4.78, 5) is 0. The first kappa shape index (κ1) is 9.47. The molecule has 0 spiro atoms. The molecule has 0 radical (unpaired) electrons. The fourth-order valence-electron chi connectivity index (χ4n) is 0.880. The molecule has 0 saturated heterocycles. The highest BCUT2D eigenvalue weighted by molar-refractivity contribution is 5.53. The van der Waals surface area contributed by atoms with Crippen LogP contribution in [0, 0.1) is 0 Å². The normalized spacial score (nSPS) is 9.92. The van der Waals surface area contributed by atoms with Crippen molar-refractivity contribution in [3.63, 3.8) is 0 Å². The van der Waals surface area contributed by atoms with Crippen LogP contribution in [-0.4, -0.2) is 33.6 Å². The van der Waals surface area contributed by atoms with Gasteiger partial charge < -0.3 is 25.2 Å². The van der Waals surface area contributed by atoms with Gasteiger partial charge in [-0.05, 0) is 0 Å². The molecule has 0 aliphatic rings. The highest BCUT2D eigenvalue weighted by Gasteiger charge is 2.10. The number of aliphatic hydroxyl groups excluding tert-OH is 1. The molecule has 0 saturated carbocycles. The zero-order chi connectivity index (χ0) is 9.84. The van der Waals surface area contributed by atoms with Gasteiger partial charge in [-0.2, -0.15) is 0 Å². The average Bonchev–Trinajstić information content (AvgIpc) is 2.02. The van der Waals surface area contributed by atoms with Crippen LogP contribution in [0.2, 0.25) is 0 Å². The fourth-order valence-corrected chi connectivity index (χ4v) is 0.880. The molecule has 0 amide bonds. The van der Waals surface area contributed by atoms with E-state index in [0.29, 0.717) is 0 Å². The minimum Gasteiger partial charge on any atom is -0.508 e. The topological polar surface area (TPSA) is 90.2 Å². The maximum absolute atomic E-state index is 9.17. The zero-order valence-corrected chi connectivity index (χ0v) is 6.77. The lowest BCUT2D eigenvalue weighted by Crippen LogP contribution is -2.01. The molecule has 0 aromatic heterocycles. The molecular formula is C8H10O5. The van der Waals surface area contributed by atoms with Crippen LogP contribution in [0.5, 0.6) is 23.0 Å². The van der Waals surface area contributed by atoms with E-state index in [1.54, 1.807) is 0 Å². The lowest BCUT2D eigenvalue weighted by Gasteiger charge is -2.08. The summed E-state index contributed by atoms with van der Waals surface area (Å²) in [6.45, 7) is -0.258. The molecule has 0 bridgehead atoms. The molecule has 1 aromatic rings. The summed E-state index contributed by atoms with van der Waals surface area (Å²) in [6.07, 6.45) is 0. The van der Waals surface area contributed by atoms with Crippen LogP contribution < -0.4 is 4.74 Å². The third-order valence-electron chi connectivity index (χ3n) is 1.37. The number of benzene rings is 1. The van der Waals surface area contributed by atoms with Crippen LogP contribution in [0.1, 0.15) is 0 Å². The Morgan fingerprint density at radius 2 is 1.62 bits per heavy atom. The third kappa shape index (κ3) is 2.16. The van der Waals surface area contributed by atoms with Crippen molar-refractivity contribution in [3.8, 4) is 23.0 Å². The van der Waals surface area contributed by atoms with Gasteiger partial charge in [-0.3, -0.25) is 0 Å². The van der Waals surface area contributed by atoms with Gasteiger partial charge in [-0.1, -0.05) is 0 Å². The zero-order valence-electron chi connectivity index (χ0n) is 6.77. The minimum absolute atomic E-state index is 0.0358. The molecule has 4 N–H and O–H groups in total. The summed E-state index contributed by atoms with van der Waals surface area (Å²) in [6, 6.07) is 2.07. The number of hydrogen-bond donors (Lipinski definition) is 4. The van der Waals surface area contributed by atoms with Crippen molar-refractivity contribution in [1.82, 2.24) is 0 Å². The van der Waals surface area contributed by atoms with E-state index in [1.807, 2.05) is 0 Å². The Kier molecular flexibility index (Phi) is 2.81. The van der Waals surface area contributed by atoms with Gasteiger partial charge in [-0.25, -0.2) is 0 Å². The summed E-state index contributed by atoms with van der Waals surface area (Å²) in [5.74, 6) is -1.14.